The number of nitriles is 1. The summed E-state index contributed by atoms with van der Waals surface area (Å²) in [4.78, 5) is 25.1. The van der Waals surface area contributed by atoms with Gasteiger partial charge in [-0.15, -0.1) is 0 Å². The first-order valence-electron chi connectivity index (χ1n) is 8.86. The molecule has 3 aromatic carbocycles. The molecule has 1 atom stereocenters. The van der Waals surface area contributed by atoms with Gasteiger partial charge in [-0.2, -0.15) is 5.26 Å². The molecule has 0 saturated carbocycles. The Bertz CT molecular complexity index is 995. The first kappa shape index (κ1) is 18.9. The third-order valence-corrected chi connectivity index (χ3v) is 4.21. The number of hydrogen-bond acceptors (Lipinski definition) is 3. The molecule has 0 aromatic heterocycles. The molecule has 138 valence electrons. The van der Waals surface area contributed by atoms with Crippen molar-refractivity contribution in [3.8, 4) is 6.07 Å². The number of nitrogens with one attached hydrogen (secondary N) is 2. The Kier molecular flexibility index (Phi) is 6.17. The average molecular weight is 369 g/mol. The summed E-state index contributed by atoms with van der Waals surface area (Å²) in [5.74, 6) is -0.494. The van der Waals surface area contributed by atoms with E-state index in [2.05, 4.69) is 10.6 Å². The largest absolute Gasteiger partial charge is 0.345 e. The lowest BCUT2D eigenvalue weighted by Crippen LogP contribution is -2.31. The Morgan fingerprint density at radius 1 is 0.893 bits per heavy atom. The molecule has 3 rings (SSSR count). The van der Waals surface area contributed by atoms with E-state index >= 15 is 0 Å². The molecule has 0 unspecified atom stereocenters. The summed E-state index contributed by atoms with van der Waals surface area (Å²) in [5, 5.41) is 14.7. The van der Waals surface area contributed by atoms with Gasteiger partial charge in [0.2, 0.25) is 5.91 Å². The van der Waals surface area contributed by atoms with Crippen LogP contribution in [0.3, 0.4) is 0 Å². The van der Waals surface area contributed by atoms with Gasteiger partial charge in [0.05, 0.1) is 24.1 Å². The van der Waals surface area contributed by atoms with E-state index in [4.69, 9.17) is 5.26 Å². The molecule has 2 amide bonds. The van der Waals surface area contributed by atoms with E-state index in [1.54, 1.807) is 48.5 Å². The van der Waals surface area contributed by atoms with E-state index in [-0.39, 0.29) is 18.2 Å². The molecule has 0 bridgehead atoms. The zero-order valence-corrected chi connectivity index (χ0v) is 15.1. The quantitative estimate of drug-likeness (QED) is 0.687. The molecule has 0 aliphatic carbocycles. The zero-order valence-electron chi connectivity index (χ0n) is 15.1. The van der Waals surface area contributed by atoms with Crippen molar-refractivity contribution in [2.45, 2.75) is 12.5 Å². The SMILES string of the molecule is N#Cc1cccc(NC(=O)C[C@H](NC(=O)c2ccccc2)c2ccccc2)c1. The average Bonchev–Trinajstić information content (AvgIpc) is 2.74. The van der Waals surface area contributed by atoms with Crippen molar-refractivity contribution in [3.05, 3.63) is 102 Å². The number of carbonyl (C=O) groups excluding carboxylic acids is 2. The van der Waals surface area contributed by atoms with Crippen LogP contribution in [0.25, 0.3) is 0 Å². The first-order chi connectivity index (χ1) is 13.7. The van der Waals surface area contributed by atoms with E-state index < -0.39 is 6.04 Å². The van der Waals surface area contributed by atoms with Gasteiger partial charge in [0, 0.05) is 11.3 Å². The van der Waals surface area contributed by atoms with Gasteiger partial charge in [0.1, 0.15) is 0 Å². The zero-order chi connectivity index (χ0) is 19.8. The van der Waals surface area contributed by atoms with Crippen LogP contribution < -0.4 is 10.6 Å². The summed E-state index contributed by atoms with van der Waals surface area (Å²) < 4.78 is 0. The minimum absolute atomic E-state index is 0.0688. The van der Waals surface area contributed by atoms with Crippen LogP contribution in [0, 0.1) is 11.3 Å². The number of anilines is 1. The summed E-state index contributed by atoms with van der Waals surface area (Å²) in [6.07, 6.45) is 0.0688. The van der Waals surface area contributed by atoms with Gasteiger partial charge in [0.15, 0.2) is 0 Å². The van der Waals surface area contributed by atoms with Crippen molar-refractivity contribution < 1.29 is 9.59 Å². The van der Waals surface area contributed by atoms with E-state index in [9.17, 15) is 9.59 Å². The number of nitrogens with zero attached hydrogens (tertiary/aromatic N) is 1. The lowest BCUT2D eigenvalue weighted by molar-refractivity contribution is -0.116. The van der Waals surface area contributed by atoms with Crippen molar-refractivity contribution >= 4 is 17.5 Å². The van der Waals surface area contributed by atoms with Crippen molar-refractivity contribution in [3.63, 3.8) is 0 Å². The highest BCUT2D eigenvalue weighted by Gasteiger charge is 2.19. The predicted molar refractivity (Wildman–Crippen MR) is 107 cm³/mol. The maximum atomic E-state index is 12.6. The van der Waals surface area contributed by atoms with Gasteiger partial charge < -0.3 is 10.6 Å². The Morgan fingerprint density at radius 3 is 2.25 bits per heavy atom. The molecular formula is C23H19N3O2. The van der Waals surface area contributed by atoms with Crippen molar-refractivity contribution in [1.29, 1.82) is 5.26 Å². The monoisotopic (exact) mass is 369 g/mol. The maximum absolute atomic E-state index is 12.6. The Balaban J connectivity index is 1.74. The van der Waals surface area contributed by atoms with Crippen molar-refractivity contribution in [1.82, 2.24) is 5.32 Å². The highest BCUT2D eigenvalue weighted by atomic mass is 16.2. The van der Waals surface area contributed by atoms with Crippen LogP contribution >= 0.6 is 0 Å². The highest BCUT2D eigenvalue weighted by Crippen LogP contribution is 2.19. The minimum Gasteiger partial charge on any atom is -0.345 e. The summed E-state index contributed by atoms with van der Waals surface area (Å²) >= 11 is 0. The molecule has 28 heavy (non-hydrogen) atoms. The third-order valence-electron chi connectivity index (χ3n) is 4.21. The Morgan fingerprint density at radius 2 is 1.57 bits per heavy atom. The summed E-state index contributed by atoms with van der Waals surface area (Å²) in [7, 11) is 0. The predicted octanol–water partition coefficient (Wildman–Crippen LogP) is 4.06. The lowest BCUT2D eigenvalue weighted by atomic mass is 10.0. The van der Waals surface area contributed by atoms with Gasteiger partial charge in [-0.25, -0.2) is 0 Å². The number of benzene rings is 3. The van der Waals surface area contributed by atoms with Crippen LogP contribution in [0.15, 0.2) is 84.9 Å². The third kappa shape index (κ3) is 5.05. The summed E-state index contributed by atoms with van der Waals surface area (Å²) in [6, 6.07) is 26.5. The minimum atomic E-state index is -0.479. The normalized spacial score (nSPS) is 11.1. The maximum Gasteiger partial charge on any atom is 0.251 e. The van der Waals surface area contributed by atoms with Gasteiger partial charge in [-0.1, -0.05) is 54.6 Å². The van der Waals surface area contributed by atoms with E-state index in [1.807, 2.05) is 42.5 Å². The van der Waals surface area contributed by atoms with Gasteiger partial charge in [-0.3, -0.25) is 9.59 Å². The van der Waals surface area contributed by atoms with Gasteiger partial charge in [0.25, 0.3) is 5.91 Å². The summed E-state index contributed by atoms with van der Waals surface area (Å²) in [5.41, 5.74) is 2.39. The second-order valence-corrected chi connectivity index (χ2v) is 6.25. The second-order valence-electron chi connectivity index (χ2n) is 6.25. The van der Waals surface area contributed by atoms with Crippen LogP contribution in [-0.2, 0) is 4.79 Å². The number of carbonyl (C=O) groups is 2. The molecule has 2 N–H and O–H groups in total. The lowest BCUT2D eigenvalue weighted by Gasteiger charge is -2.19. The topological polar surface area (TPSA) is 82.0 Å². The van der Waals surface area contributed by atoms with Crippen LogP contribution in [-0.4, -0.2) is 11.8 Å². The van der Waals surface area contributed by atoms with Gasteiger partial charge >= 0.3 is 0 Å². The molecule has 0 saturated heterocycles. The van der Waals surface area contributed by atoms with Crippen LogP contribution in [0.2, 0.25) is 0 Å². The van der Waals surface area contributed by atoms with Crippen LogP contribution in [0.5, 0.6) is 0 Å². The van der Waals surface area contributed by atoms with E-state index in [0.29, 0.717) is 16.8 Å². The fourth-order valence-electron chi connectivity index (χ4n) is 2.83. The fourth-order valence-corrected chi connectivity index (χ4v) is 2.83. The van der Waals surface area contributed by atoms with Gasteiger partial charge in [-0.05, 0) is 35.9 Å². The van der Waals surface area contributed by atoms with Crippen LogP contribution in [0.4, 0.5) is 5.69 Å². The summed E-state index contributed by atoms with van der Waals surface area (Å²) in [6.45, 7) is 0. The Hall–Kier alpha value is -3.91. The molecule has 0 radical (unpaired) electrons. The van der Waals surface area contributed by atoms with Crippen molar-refractivity contribution in [2.75, 3.05) is 5.32 Å². The van der Waals surface area contributed by atoms with E-state index in [0.717, 1.165) is 5.56 Å². The molecule has 0 heterocycles. The molecule has 0 spiro atoms. The molecule has 5 nitrogen and oxygen atoms in total. The fraction of sp³-hybridized carbons (Fsp3) is 0.0870. The molecule has 5 heteroatoms. The van der Waals surface area contributed by atoms with E-state index in [1.165, 1.54) is 0 Å². The smallest absolute Gasteiger partial charge is 0.251 e. The van der Waals surface area contributed by atoms with Crippen LogP contribution in [0.1, 0.15) is 33.9 Å². The first-order valence-corrected chi connectivity index (χ1v) is 8.86. The molecule has 3 aromatic rings. The highest BCUT2D eigenvalue weighted by molar-refractivity contribution is 5.95. The molecule has 0 fully saturated rings. The Labute approximate surface area is 163 Å². The van der Waals surface area contributed by atoms with Crippen molar-refractivity contribution in [2.24, 2.45) is 0 Å². The molecule has 0 aliphatic rings. The number of hydrogen-bond donors (Lipinski definition) is 2. The number of rotatable bonds is 6. The molecular weight excluding hydrogens is 350 g/mol. The second kappa shape index (κ2) is 9.15. The number of amides is 2. The standard InChI is InChI=1S/C23H19N3O2/c24-16-17-8-7-13-20(14-17)25-22(27)15-21(18-9-3-1-4-10-18)26-23(28)19-11-5-2-6-12-19/h1-14,21H,15H2,(H,25,27)(H,26,28)/t21-/m0/s1. The molecule has 0 aliphatic heterocycles.